The molecule has 2 heterocycles. The summed E-state index contributed by atoms with van der Waals surface area (Å²) >= 11 is 6.05. The number of hydrogen-bond acceptors (Lipinski definition) is 4. The lowest BCUT2D eigenvalue weighted by atomic mass is 10.0. The van der Waals surface area contributed by atoms with E-state index in [1.54, 1.807) is 29.2 Å². The van der Waals surface area contributed by atoms with Crippen molar-refractivity contribution in [1.82, 2.24) is 9.80 Å². The number of imide groups is 1. The number of ether oxygens (including phenoxy) is 1. The van der Waals surface area contributed by atoms with E-state index in [1.165, 1.54) is 4.90 Å². The van der Waals surface area contributed by atoms with Crippen molar-refractivity contribution in [3.8, 4) is 0 Å². The SMILES string of the molecule is O=C(c1ccccc1Cl)N1CCC(N2C(=O)COC2=O)CC1. The van der Waals surface area contributed by atoms with Gasteiger partial charge >= 0.3 is 6.09 Å². The Hall–Kier alpha value is -2.08. The molecular formula is C15H15ClN2O4. The average Bonchev–Trinajstić information content (AvgIpc) is 2.86. The third-order valence-corrected chi connectivity index (χ3v) is 4.34. The summed E-state index contributed by atoms with van der Waals surface area (Å²) in [6.07, 6.45) is 0.523. The zero-order chi connectivity index (χ0) is 15.7. The van der Waals surface area contributed by atoms with Crippen LogP contribution >= 0.6 is 11.6 Å². The molecule has 2 fully saturated rings. The molecule has 1 aromatic carbocycles. The molecule has 0 bridgehead atoms. The normalized spacial score (nSPS) is 19.5. The summed E-state index contributed by atoms with van der Waals surface area (Å²) in [6.45, 7) is 0.773. The zero-order valence-corrected chi connectivity index (χ0v) is 12.6. The summed E-state index contributed by atoms with van der Waals surface area (Å²) in [5.41, 5.74) is 0.472. The van der Waals surface area contributed by atoms with E-state index in [4.69, 9.17) is 16.3 Å². The van der Waals surface area contributed by atoms with Crippen LogP contribution in [0, 0.1) is 0 Å². The molecule has 3 rings (SSSR count). The predicted octanol–water partition coefficient (Wildman–Crippen LogP) is 1.92. The number of rotatable bonds is 2. The van der Waals surface area contributed by atoms with Gasteiger partial charge in [0.2, 0.25) is 0 Å². The van der Waals surface area contributed by atoms with Crippen LogP contribution in [0.5, 0.6) is 0 Å². The molecule has 3 amide bonds. The highest BCUT2D eigenvalue weighted by Crippen LogP contribution is 2.23. The van der Waals surface area contributed by atoms with Gasteiger partial charge in [0.05, 0.1) is 10.6 Å². The van der Waals surface area contributed by atoms with Crippen LogP contribution in [0.2, 0.25) is 5.02 Å². The first kappa shape index (κ1) is 14.8. The molecule has 0 unspecified atom stereocenters. The molecule has 0 aromatic heterocycles. The van der Waals surface area contributed by atoms with E-state index in [-0.39, 0.29) is 24.5 Å². The Labute approximate surface area is 132 Å². The van der Waals surface area contributed by atoms with E-state index in [0.717, 1.165) is 0 Å². The monoisotopic (exact) mass is 322 g/mol. The molecule has 0 N–H and O–H groups in total. The summed E-state index contributed by atoms with van der Waals surface area (Å²) in [5, 5.41) is 0.424. The van der Waals surface area contributed by atoms with Crippen molar-refractivity contribution in [3.05, 3.63) is 34.9 Å². The molecule has 0 saturated carbocycles. The minimum atomic E-state index is -0.583. The summed E-state index contributed by atoms with van der Waals surface area (Å²) in [5.74, 6) is -0.430. The fourth-order valence-electron chi connectivity index (χ4n) is 2.85. The van der Waals surface area contributed by atoms with Gasteiger partial charge in [0.25, 0.3) is 11.8 Å². The van der Waals surface area contributed by atoms with Crippen LogP contribution in [0.1, 0.15) is 23.2 Å². The number of cyclic esters (lactones) is 1. The Balaban J connectivity index is 1.65. The first-order valence-corrected chi connectivity index (χ1v) is 7.48. The summed E-state index contributed by atoms with van der Waals surface area (Å²) < 4.78 is 4.73. The van der Waals surface area contributed by atoms with Gasteiger partial charge in [-0.2, -0.15) is 0 Å². The maximum absolute atomic E-state index is 12.4. The van der Waals surface area contributed by atoms with Crippen molar-refractivity contribution in [2.75, 3.05) is 19.7 Å². The second kappa shape index (κ2) is 5.96. The number of hydrogen-bond donors (Lipinski definition) is 0. The third-order valence-electron chi connectivity index (χ3n) is 4.01. The van der Waals surface area contributed by atoms with Gasteiger partial charge in [-0.25, -0.2) is 9.69 Å². The number of likely N-dealkylation sites (tertiary alicyclic amines) is 1. The lowest BCUT2D eigenvalue weighted by Crippen LogP contribution is -2.48. The van der Waals surface area contributed by atoms with E-state index in [1.807, 2.05) is 0 Å². The molecule has 1 aromatic rings. The van der Waals surface area contributed by atoms with Crippen LogP contribution in [-0.2, 0) is 9.53 Å². The fraction of sp³-hybridized carbons (Fsp3) is 0.400. The van der Waals surface area contributed by atoms with Crippen LogP contribution in [0.15, 0.2) is 24.3 Å². The van der Waals surface area contributed by atoms with Crippen LogP contribution in [0.25, 0.3) is 0 Å². The molecule has 22 heavy (non-hydrogen) atoms. The number of carbonyl (C=O) groups is 3. The quantitative estimate of drug-likeness (QED) is 0.834. The number of nitrogens with zero attached hydrogens (tertiary/aromatic N) is 2. The molecule has 0 atom stereocenters. The van der Waals surface area contributed by atoms with Crippen molar-refractivity contribution in [2.45, 2.75) is 18.9 Å². The lowest BCUT2D eigenvalue weighted by Gasteiger charge is -2.34. The number of benzene rings is 1. The summed E-state index contributed by atoms with van der Waals surface area (Å²) in [6, 6.07) is 6.72. The molecular weight excluding hydrogens is 308 g/mol. The maximum atomic E-state index is 12.4. The Morgan fingerprint density at radius 3 is 2.45 bits per heavy atom. The molecule has 7 heteroatoms. The van der Waals surface area contributed by atoms with Crippen LogP contribution in [0.3, 0.4) is 0 Å². The van der Waals surface area contributed by atoms with Gasteiger partial charge in [0, 0.05) is 19.1 Å². The Morgan fingerprint density at radius 1 is 1.18 bits per heavy atom. The highest BCUT2D eigenvalue weighted by atomic mass is 35.5. The van der Waals surface area contributed by atoms with Gasteiger partial charge in [-0.3, -0.25) is 9.59 Å². The smallest absolute Gasteiger partial charge is 0.417 e. The van der Waals surface area contributed by atoms with Crippen molar-refractivity contribution in [2.24, 2.45) is 0 Å². The second-order valence-electron chi connectivity index (χ2n) is 5.32. The highest BCUT2D eigenvalue weighted by Gasteiger charge is 2.39. The van der Waals surface area contributed by atoms with Crippen molar-refractivity contribution < 1.29 is 19.1 Å². The fourth-order valence-corrected chi connectivity index (χ4v) is 3.07. The van der Waals surface area contributed by atoms with Crippen molar-refractivity contribution in [3.63, 3.8) is 0 Å². The van der Waals surface area contributed by atoms with E-state index in [0.29, 0.717) is 36.5 Å². The van der Waals surface area contributed by atoms with Crippen LogP contribution in [0.4, 0.5) is 4.79 Å². The van der Waals surface area contributed by atoms with Crippen LogP contribution < -0.4 is 0 Å². The van der Waals surface area contributed by atoms with Crippen LogP contribution in [-0.4, -0.2) is 53.4 Å². The Morgan fingerprint density at radius 2 is 1.86 bits per heavy atom. The summed E-state index contributed by atoms with van der Waals surface area (Å²) in [4.78, 5) is 38.5. The topological polar surface area (TPSA) is 66.9 Å². The average molecular weight is 323 g/mol. The van der Waals surface area contributed by atoms with Gasteiger partial charge in [-0.15, -0.1) is 0 Å². The number of carbonyl (C=O) groups excluding carboxylic acids is 3. The Kier molecular flexibility index (Phi) is 4.02. The van der Waals surface area contributed by atoms with Gasteiger partial charge in [0.15, 0.2) is 6.61 Å². The van der Waals surface area contributed by atoms with E-state index >= 15 is 0 Å². The molecule has 0 radical (unpaired) electrons. The molecule has 0 aliphatic carbocycles. The highest BCUT2D eigenvalue weighted by molar-refractivity contribution is 6.33. The van der Waals surface area contributed by atoms with Gasteiger partial charge < -0.3 is 9.64 Å². The van der Waals surface area contributed by atoms with Gasteiger partial charge in [-0.1, -0.05) is 23.7 Å². The second-order valence-corrected chi connectivity index (χ2v) is 5.73. The lowest BCUT2D eigenvalue weighted by molar-refractivity contribution is -0.127. The minimum Gasteiger partial charge on any atom is -0.439 e. The zero-order valence-electron chi connectivity index (χ0n) is 11.8. The summed E-state index contributed by atoms with van der Waals surface area (Å²) in [7, 11) is 0. The van der Waals surface area contributed by atoms with Crippen molar-refractivity contribution in [1.29, 1.82) is 0 Å². The van der Waals surface area contributed by atoms with Crippen molar-refractivity contribution >= 4 is 29.5 Å². The number of halogens is 1. The van der Waals surface area contributed by atoms with Gasteiger partial charge in [-0.05, 0) is 25.0 Å². The molecule has 0 spiro atoms. The van der Waals surface area contributed by atoms with E-state index in [2.05, 4.69) is 0 Å². The molecule has 2 aliphatic rings. The van der Waals surface area contributed by atoms with Gasteiger partial charge in [0.1, 0.15) is 0 Å². The predicted molar refractivity (Wildman–Crippen MR) is 78.6 cm³/mol. The molecule has 116 valence electrons. The Bertz CT molecular complexity index is 610. The first-order chi connectivity index (χ1) is 10.6. The maximum Gasteiger partial charge on any atom is 0.417 e. The number of amides is 3. The molecule has 2 aliphatic heterocycles. The molecule has 6 nitrogen and oxygen atoms in total. The molecule has 2 saturated heterocycles. The standard InChI is InChI=1S/C15H15ClN2O4/c16-12-4-2-1-3-11(12)14(20)17-7-5-10(6-8-17)18-13(19)9-22-15(18)21/h1-4,10H,5-9H2. The van der Waals surface area contributed by atoms with E-state index in [9.17, 15) is 14.4 Å². The van der Waals surface area contributed by atoms with E-state index < -0.39 is 6.09 Å². The minimum absolute atomic E-state index is 0.126. The first-order valence-electron chi connectivity index (χ1n) is 7.10. The number of piperidine rings is 1. The third kappa shape index (κ3) is 2.66. The largest absolute Gasteiger partial charge is 0.439 e.